The SMILES string of the molecule is CC1(N(N)c2ccc(-c3cccc4c3oc3ccccc34)cc2)C=CC=CC1. The molecule has 1 aliphatic rings. The van der Waals surface area contributed by atoms with Crippen LogP contribution in [0.1, 0.15) is 13.3 Å². The number of hydrogen-bond acceptors (Lipinski definition) is 3. The first-order valence-electron chi connectivity index (χ1n) is 9.56. The number of hydrogen-bond donors (Lipinski definition) is 1. The number of anilines is 1. The summed E-state index contributed by atoms with van der Waals surface area (Å²) in [7, 11) is 0. The zero-order valence-corrected chi connectivity index (χ0v) is 15.8. The maximum Gasteiger partial charge on any atom is 0.143 e. The first-order chi connectivity index (χ1) is 13.7. The van der Waals surface area contributed by atoms with Crippen LogP contribution in [0.3, 0.4) is 0 Å². The van der Waals surface area contributed by atoms with Gasteiger partial charge in [-0.15, -0.1) is 0 Å². The predicted molar refractivity (Wildman–Crippen MR) is 117 cm³/mol. The van der Waals surface area contributed by atoms with Crippen LogP contribution in [0, 0.1) is 0 Å². The van der Waals surface area contributed by atoms with Gasteiger partial charge >= 0.3 is 0 Å². The molecule has 1 aliphatic carbocycles. The average Bonchev–Trinajstić information content (AvgIpc) is 3.13. The molecule has 1 heterocycles. The molecule has 1 unspecified atom stereocenters. The normalized spacial score (nSPS) is 18.8. The minimum Gasteiger partial charge on any atom is -0.455 e. The minimum atomic E-state index is -0.213. The minimum absolute atomic E-state index is 0.213. The topological polar surface area (TPSA) is 42.4 Å². The lowest BCUT2D eigenvalue weighted by molar-refractivity contribution is 0.524. The maximum atomic E-state index is 6.46. The largest absolute Gasteiger partial charge is 0.455 e. The summed E-state index contributed by atoms with van der Waals surface area (Å²) in [6, 6.07) is 22.9. The molecular weight excluding hydrogens is 344 g/mol. The summed E-state index contributed by atoms with van der Waals surface area (Å²) in [5.74, 6) is 6.46. The van der Waals surface area contributed by atoms with Gasteiger partial charge in [0.15, 0.2) is 0 Å². The molecule has 0 amide bonds. The average molecular weight is 366 g/mol. The van der Waals surface area contributed by atoms with Crippen LogP contribution in [-0.2, 0) is 0 Å². The van der Waals surface area contributed by atoms with Crippen LogP contribution in [-0.4, -0.2) is 5.54 Å². The smallest absolute Gasteiger partial charge is 0.143 e. The zero-order chi connectivity index (χ0) is 19.1. The molecule has 5 rings (SSSR count). The number of nitrogens with two attached hydrogens (primary N) is 1. The Hall–Kier alpha value is -3.30. The Morgan fingerprint density at radius 1 is 0.893 bits per heavy atom. The van der Waals surface area contributed by atoms with Crippen molar-refractivity contribution < 1.29 is 4.42 Å². The highest BCUT2D eigenvalue weighted by Gasteiger charge is 2.27. The highest BCUT2D eigenvalue weighted by Crippen LogP contribution is 2.36. The van der Waals surface area contributed by atoms with Crippen molar-refractivity contribution >= 4 is 27.6 Å². The molecule has 0 spiro atoms. The van der Waals surface area contributed by atoms with Crippen LogP contribution in [0.2, 0.25) is 0 Å². The highest BCUT2D eigenvalue weighted by molar-refractivity contribution is 6.09. The monoisotopic (exact) mass is 366 g/mol. The van der Waals surface area contributed by atoms with E-state index in [-0.39, 0.29) is 5.54 Å². The molecule has 3 aromatic carbocycles. The summed E-state index contributed by atoms with van der Waals surface area (Å²) < 4.78 is 6.18. The number of benzene rings is 3. The maximum absolute atomic E-state index is 6.46. The van der Waals surface area contributed by atoms with Gasteiger partial charge in [-0.05, 0) is 37.1 Å². The number of allylic oxidation sites excluding steroid dienone is 2. The van der Waals surface area contributed by atoms with Crippen molar-refractivity contribution in [3.63, 3.8) is 0 Å². The van der Waals surface area contributed by atoms with Crippen molar-refractivity contribution in [2.45, 2.75) is 18.9 Å². The lowest BCUT2D eigenvalue weighted by atomic mass is 9.92. The molecular formula is C25H22N2O. The lowest BCUT2D eigenvalue weighted by Crippen LogP contribution is -2.50. The molecule has 3 nitrogen and oxygen atoms in total. The third kappa shape index (κ3) is 2.63. The summed E-state index contributed by atoms with van der Waals surface area (Å²) >= 11 is 0. The van der Waals surface area contributed by atoms with Gasteiger partial charge in [0.1, 0.15) is 11.2 Å². The van der Waals surface area contributed by atoms with Crippen molar-refractivity contribution in [2.75, 3.05) is 5.01 Å². The Labute approximate surface area is 164 Å². The van der Waals surface area contributed by atoms with E-state index in [1.807, 2.05) is 23.2 Å². The Kier molecular flexibility index (Phi) is 3.85. The van der Waals surface area contributed by atoms with Gasteiger partial charge in [-0.1, -0.05) is 72.8 Å². The molecule has 4 aromatic rings. The molecule has 0 aliphatic heterocycles. The van der Waals surface area contributed by atoms with E-state index in [4.69, 9.17) is 10.3 Å². The molecule has 2 N–H and O–H groups in total. The Balaban J connectivity index is 1.54. The van der Waals surface area contributed by atoms with Gasteiger partial charge in [-0.25, -0.2) is 5.84 Å². The quantitative estimate of drug-likeness (QED) is 0.346. The van der Waals surface area contributed by atoms with Crippen LogP contribution in [0.4, 0.5) is 5.69 Å². The zero-order valence-electron chi connectivity index (χ0n) is 15.8. The molecule has 0 radical (unpaired) electrons. The molecule has 0 saturated carbocycles. The van der Waals surface area contributed by atoms with Crippen LogP contribution in [0.5, 0.6) is 0 Å². The standard InChI is InChI=1S/C25H22N2O/c1-25(16-5-2-6-17-25)27(26)19-14-12-18(13-15-19)20-9-7-10-22-21-8-3-4-11-23(21)28-24(20)22/h2-16H,17,26H2,1H3. The van der Waals surface area contributed by atoms with Crippen LogP contribution in [0.15, 0.2) is 95.5 Å². The molecule has 3 heteroatoms. The fourth-order valence-corrected chi connectivity index (χ4v) is 3.97. The van der Waals surface area contributed by atoms with Crippen molar-refractivity contribution in [1.29, 1.82) is 0 Å². The fraction of sp³-hybridized carbons (Fsp3) is 0.120. The van der Waals surface area contributed by atoms with E-state index in [0.29, 0.717) is 0 Å². The molecule has 28 heavy (non-hydrogen) atoms. The third-order valence-electron chi connectivity index (χ3n) is 5.64. The molecule has 0 saturated heterocycles. The number of fused-ring (bicyclic) bond motifs is 3. The number of rotatable bonds is 3. The summed E-state index contributed by atoms with van der Waals surface area (Å²) in [5, 5.41) is 4.14. The van der Waals surface area contributed by atoms with E-state index in [1.165, 1.54) is 0 Å². The van der Waals surface area contributed by atoms with Gasteiger partial charge in [0.25, 0.3) is 0 Å². The second-order valence-electron chi connectivity index (χ2n) is 7.55. The Bertz CT molecular complexity index is 1220. The number of nitrogens with zero attached hydrogens (tertiary/aromatic N) is 1. The Morgan fingerprint density at radius 3 is 2.46 bits per heavy atom. The van der Waals surface area contributed by atoms with Crippen molar-refractivity contribution in [3.8, 4) is 11.1 Å². The predicted octanol–water partition coefficient (Wildman–Crippen LogP) is 6.21. The van der Waals surface area contributed by atoms with Gasteiger partial charge in [-0.2, -0.15) is 0 Å². The van der Waals surface area contributed by atoms with Crippen molar-refractivity contribution in [2.24, 2.45) is 5.84 Å². The van der Waals surface area contributed by atoms with E-state index in [1.54, 1.807) is 0 Å². The van der Waals surface area contributed by atoms with Crippen LogP contribution >= 0.6 is 0 Å². The highest BCUT2D eigenvalue weighted by atomic mass is 16.3. The number of hydrazine groups is 1. The van der Waals surface area contributed by atoms with E-state index in [9.17, 15) is 0 Å². The summed E-state index contributed by atoms with van der Waals surface area (Å²) in [5.41, 5.74) is 4.83. The first kappa shape index (κ1) is 16.8. The third-order valence-corrected chi connectivity index (χ3v) is 5.64. The van der Waals surface area contributed by atoms with Gasteiger partial charge < -0.3 is 9.43 Å². The van der Waals surface area contributed by atoms with Gasteiger partial charge in [0.2, 0.25) is 0 Å². The number of para-hydroxylation sites is 2. The first-order valence-corrected chi connectivity index (χ1v) is 9.56. The summed E-state index contributed by atoms with van der Waals surface area (Å²) in [6.07, 6.45) is 9.30. The molecule has 0 fully saturated rings. The summed E-state index contributed by atoms with van der Waals surface area (Å²) in [6.45, 7) is 2.15. The lowest BCUT2D eigenvalue weighted by Gasteiger charge is -2.38. The van der Waals surface area contributed by atoms with Gasteiger partial charge in [-0.3, -0.25) is 0 Å². The van der Waals surface area contributed by atoms with E-state index < -0.39 is 0 Å². The molecule has 0 bridgehead atoms. The van der Waals surface area contributed by atoms with Gasteiger partial charge in [0, 0.05) is 16.3 Å². The van der Waals surface area contributed by atoms with Gasteiger partial charge in [0.05, 0.1) is 11.2 Å². The molecule has 1 atom stereocenters. The molecule has 138 valence electrons. The fourth-order valence-electron chi connectivity index (χ4n) is 3.97. The van der Waals surface area contributed by atoms with Crippen molar-refractivity contribution in [3.05, 3.63) is 91.0 Å². The number of furan rings is 1. The van der Waals surface area contributed by atoms with E-state index in [2.05, 4.69) is 79.8 Å². The van der Waals surface area contributed by atoms with Crippen LogP contribution in [0.25, 0.3) is 33.1 Å². The molecule has 1 aromatic heterocycles. The summed E-state index contributed by atoms with van der Waals surface area (Å²) in [4.78, 5) is 0. The second kappa shape index (κ2) is 6.39. The van der Waals surface area contributed by atoms with E-state index in [0.717, 1.165) is 45.2 Å². The van der Waals surface area contributed by atoms with Crippen molar-refractivity contribution in [1.82, 2.24) is 0 Å². The van der Waals surface area contributed by atoms with Crippen LogP contribution < -0.4 is 10.9 Å². The van der Waals surface area contributed by atoms with E-state index >= 15 is 0 Å². The second-order valence-corrected chi connectivity index (χ2v) is 7.55. The Morgan fingerprint density at radius 2 is 1.68 bits per heavy atom.